The Morgan fingerprint density at radius 3 is 2.22 bits per heavy atom. The Bertz CT molecular complexity index is 1450. The predicted molar refractivity (Wildman–Crippen MR) is 165 cm³/mol. The number of anilines is 1. The van der Waals surface area contributed by atoms with Crippen LogP contribution in [0.25, 0.3) is 0 Å². The van der Waals surface area contributed by atoms with Crippen molar-refractivity contribution in [1.82, 2.24) is 10.2 Å². The minimum Gasteiger partial charge on any atom is -0.352 e. The number of sulfonamides is 1. The molecule has 2 amide bonds. The van der Waals surface area contributed by atoms with Gasteiger partial charge in [0.2, 0.25) is 21.8 Å². The van der Waals surface area contributed by atoms with Gasteiger partial charge in [0.05, 0.1) is 17.0 Å². The fourth-order valence-corrected chi connectivity index (χ4v) is 6.54. The van der Waals surface area contributed by atoms with Gasteiger partial charge < -0.3 is 10.2 Å². The Morgan fingerprint density at radius 2 is 1.56 bits per heavy atom. The van der Waals surface area contributed by atoms with E-state index in [1.165, 1.54) is 4.90 Å². The van der Waals surface area contributed by atoms with Crippen LogP contribution < -0.4 is 9.62 Å². The second-order valence-electron chi connectivity index (χ2n) is 10.4. The van der Waals surface area contributed by atoms with Crippen molar-refractivity contribution in [1.29, 1.82) is 0 Å². The first-order valence-electron chi connectivity index (χ1n) is 13.7. The van der Waals surface area contributed by atoms with Crippen LogP contribution in [0, 0.1) is 0 Å². The van der Waals surface area contributed by atoms with Crippen LogP contribution in [0.3, 0.4) is 0 Å². The molecule has 0 saturated heterocycles. The summed E-state index contributed by atoms with van der Waals surface area (Å²) in [4.78, 5) is 29.6. The molecule has 0 aromatic heterocycles. The lowest BCUT2D eigenvalue weighted by atomic mass is 9.94. The van der Waals surface area contributed by atoms with Crippen molar-refractivity contribution in [3.05, 3.63) is 100 Å². The van der Waals surface area contributed by atoms with Crippen molar-refractivity contribution in [2.45, 2.75) is 57.2 Å². The zero-order chi connectivity index (χ0) is 29.4. The van der Waals surface area contributed by atoms with Crippen LogP contribution in [0.2, 0.25) is 10.0 Å². The van der Waals surface area contributed by atoms with Crippen molar-refractivity contribution in [2.75, 3.05) is 17.1 Å². The highest BCUT2D eigenvalue weighted by Gasteiger charge is 2.34. The van der Waals surface area contributed by atoms with Crippen LogP contribution in [0.15, 0.2) is 78.9 Å². The monoisotopic (exact) mass is 615 g/mol. The number of nitrogens with one attached hydrogen (secondary N) is 1. The molecule has 0 bridgehead atoms. The van der Waals surface area contributed by atoms with Crippen molar-refractivity contribution < 1.29 is 18.0 Å². The summed E-state index contributed by atoms with van der Waals surface area (Å²) < 4.78 is 26.8. The maximum absolute atomic E-state index is 14.2. The number of nitrogens with zero attached hydrogens (tertiary/aromatic N) is 2. The van der Waals surface area contributed by atoms with Crippen LogP contribution in [0.1, 0.15) is 43.2 Å². The fourth-order valence-electron chi connectivity index (χ4n) is 5.18. The summed E-state index contributed by atoms with van der Waals surface area (Å²) in [6, 6.07) is 22.2. The van der Waals surface area contributed by atoms with E-state index >= 15 is 0 Å². The van der Waals surface area contributed by atoms with Crippen molar-refractivity contribution in [3.8, 4) is 0 Å². The summed E-state index contributed by atoms with van der Waals surface area (Å²) in [6.07, 6.45) is 6.30. The van der Waals surface area contributed by atoms with Crippen LogP contribution in [-0.2, 0) is 32.6 Å². The number of benzene rings is 3. The first-order valence-corrected chi connectivity index (χ1v) is 16.3. The summed E-state index contributed by atoms with van der Waals surface area (Å²) in [6.45, 7) is -0.458. The zero-order valence-corrected chi connectivity index (χ0v) is 25.3. The molecule has 41 heavy (non-hydrogen) atoms. The van der Waals surface area contributed by atoms with Crippen molar-refractivity contribution >= 4 is 50.7 Å². The van der Waals surface area contributed by atoms with E-state index in [1.54, 1.807) is 42.5 Å². The quantitative estimate of drug-likeness (QED) is 0.293. The maximum atomic E-state index is 14.2. The molecule has 4 rings (SSSR count). The number of carbonyl (C=O) groups is 2. The molecule has 0 unspecified atom stereocenters. The molecule has 10 heteroatoms. The summed E-state index contributed by atoms with van der Waals surface area (Å²) in [5.41, 5.74) is 1.79. The third-order valence-corrected chi connectivity index (χ3v) is 8.95. The SMILES string of the molecule is CS(=O)(=O)N(CC(=O)N(Cc1cccc(Cl)c1)[C@H](Cc1ccccc1)C(=O)NC1CCCCC1)c1ccccc1Cl. The largest absolute Gasteiger partial charge is 0.352 e. The third-order valence-electron chi connectivity index (χ3n) is 7.26. The first kappa shape index (κ1) is 30.9. The summed E-state index contributed by atoms with van der Waals surface area (Å²) in [5.74, 6) is -0.796. The number of hydrogen-bond acceptors (Lipinski definition) is 4. The maximum Gasteiger partial charge on any atom is 0.244 e. The summed E-state index contributed by atoms with van der Waals surface area (Å²) >= 11 is 12.6. The van der Waals surface area contributed by atoms with Gasteiger partial charge in [-0.05, 0) is 48.2 Å². The molecule has 1 aliphatic carbocycles. The average molecular weight is 617 g/mol. The number of hydrogen-bond donors (Lipinski definition) is 1. The Labute approximate surface area is 252 Å². The van der Waals surface area contributed by atoms with E-state index in [0.29, 0.717) is 5.02 Å². The van der Waals surface area contributed by atoms with Gasteiger partial charge >= 0.3 is 0 Å². The summed E-state index contributed by atoms with van der Waals surface area (Å²) in [7, 11) is -3.90. The number of amides is 2. The number of halogens is 2. The van der Waals surface area contributed by atoms with Gasteiger partial charge in [-0.2, -0.15) is 0 Å². The molecule has 1 atom stereocenters. The highest BCUT2D eigenvalue weighted by molar-refractivity contribution is 7.92. The van der Waals surface area contributed by atoms with Crippen LogP contribution in [0.4, 0.5) is 5.69 Å². The predicted octanol–water partition coefficient (Wildman–Crippen LogP) is 5.85. The standard InChI is InChI=1S/C31H35Cl2N3O4S/c1-41(39,40)36(28-18-9-8-17-27(28)33)22-30(37)35(21-24-13-10-14-25(32)19-24)29(20-23-11-4-2-5-12-23)31(38)34-26-15-6-3-7-16-26/h2,4-5,8-14,17-19,26,29H,3,6-7,15-16,20-22H2,1H3,(H,34,38)/t29-/m1/s1. The van der Waals surface area contributed by atoms with E-state index in [-0.39, 0.29) is 35.6 Å². The molecule has 3 aromatic rings. The molecule has 3 aromatic carbocycles. The smallest absolute Gasteiger partial charge is 0.244 e. The molecule has 0 aliphatic heterocycles. The van der Waals surface area contributed by atoms with Crippen LogP contribution in [-0.4, -0.2) is 50.0 Å². The van der Waals surface area contributed by atoms with Crippen molar-refractivity contribution in [2.24, 2.45) is 0 Å². The molecule has 1 fully saturated rings. The Hall–Kier alpha value is -3.07. The highest BCUT2D eigenvalue weighted by atomic mass is 35.5. The minimum atomic E-state index is -3.90. The van der Waals surface area contributed by atoms with Gasteiger partial charge in [0, 0.05) is 24.0 Å². The van der Waals surface area contributed by atoms with Gasteiger partial charge in [0.15, 0.2) is 0 Å². The van der Waals surface area contributed by atoms with Gasteiger partial charge in [0.1, 0.15) is 12.6 Å². The first-order chi connectivity index (χ1) is 19.6. The molecule has 0 spiro atoms. The fraction of sp³-hybridized carbons (Fsp3) is 0.355. The molecule has 1 saturated carbocycles. The molecule has 0 radical (unpaired) electrons. The Morgan fingerprint density at radius 1 is 0.902 bits per heavy atom. The van der Waals surface area contributed by atoms with E-state index in [0.717, 1.165) is 53.8 Å². The van der Waals surface area contributed by atoms with E-state index in [4.69, 9.17) is 23.2 Å². The lowest BCUT2D eigenvalue weighted by Gasteiger charge is -2.35. The summed E-state index contributed by atoms with van der Waals surface area (Å²) in [5, 5.41) is 3.88. The molecule has 1 N–H and O–H groups in total. The van der Waals surface area contributed by atoms with E-state index in [1.807, 2.05) is 36.4 Å². The van der Waals surface area contributed by atoms with E-state index < -0.39 is 28.5 Å². The van der Waals surface area contributed by atoms with Crippen LogP contribution >= 0.6 is 23.2 Å². The second-order valence-corrected chi connectivity index (χ2v) is 13.2. The minimum absolute atomic E-state index is 0.0355. The third kappa shape index (κ3) is 8.71. The molecule has 1 aliphatic rings. The van der Waals surface area contributed by atoms with Gasteiger partial charge in [-0.3, -0.25) is 13.9 Å². The number of carbonyl (C=O) groups excluding carboxylic acids is 2. The molecule has 0 heterocycles. The van der Waals surface area contributed by atoms with Gasteiger partial charge in [0.25, 0.3) is 0 Å². The topological polar surface area (TPSA) is 86.8 Å². The lowest BCUT2D eigenvalue weighted by Crippen LogP contribution is -2.55. The van der Waals surface area contributed by atoms with Crippen molar-refractivity contribution in [3.63, 3.8) is 0 Å². The Balaban J connectivity index is 1.73. The van der Waals surface area contributed by atoms with E-state index in [2.05, 4.69) is 5.32 Å². The van der Waals surface area contributed by atoms with Gasteiger partial charge in [-0.1, -0.05) is 97.1 Å². The highest BCUT2D eigenvalue weighted by Crippen LogP contribution is 2.28. The number of para-hydroxylation sites is 1. The molecule has 218 valence electrons. The second kappa shape index (κ2) is 14.2. The lowest BCUT2D eigenvalue weighted by molar-refractivity contribution is -0.140. The van der Waals surface area contributed by atoms with E-state index in [9.17, 15) is 18.0 Å². The van der Waals surface area contributed by atoms with Gasteiger partial charge in [-0.15, -0.1) is 0 Å². The van der Waals surface area contributed by atoms with Crippen LogP contribution in [0.5, 0.6) is 0 Å². The normalized spacial score (nSPS) is 14.7. The van der Waals surface area contributed by atoms with Gasteiger partial charge in [-0.25, -0.2) is 8.42 Å². The number of rotatable bonds is 11. The molecular weight excluding hydrogens is 581 g/mol. The zero-order valence-electron chi connectivity index (χ0n) is 23.0. The Kier molecular flexibility index (Phi) is 10.7. The molecule has 7 nitrogen and oxygen atoms in total. The average Bonchev–Trinajstić information content (AvgIpc) is 2.94. The molecular formula is C31H35Cl2N3O4S.